The normalized spacial score (nSPS) is 11.7. The molecule has 0 unspecified atom stereocenters. The van der Waals surface area contributed by atoms with Gasteiger partial charge < -0.3 is 13.7 Å². The fourth-order valence-corrected chi connectivity index (χ4v) is 9.00. The smallest absolute Gasteiger partial charge is 0.143 e. The summed E-state index contributed by atoms with van der Waals surface area (Å²) >= 11 is 0. The van der Waals surface area contributed by atoms with Gasteiger partial charge in [-0.1, -0.05) is 152 Å². The Bertz CT molecular complexity index is 3540. The van der Waals surface area contributed by atoms with Crippen LogP contribution in [-0.2, 0) is 0 Å². The summed E-state index contributed by atoms with van der Waals surface area (Å²) in [7, 11) is 0. The van der Waals surface area contributed by atoms with Gasteiger partial charge in [-0.05, 0) is 105 Å². The standard InChI is InChI=1S/C56H35NO2/c1-2-10-36(11-3-1)37-20-27-43(28-21-37)57(44-29-22-38(23-30-44)47-15-9-16-49-48-13-4-6-18-52(48)59-56(47)49)51-17-8-12-41-34-39(24-31-45(41)51)40-25-32-46-42(35-40)26-33-54-55(46)50-14-5-7-19-53(50)58-54/h1-35H. The molecule has 12 rings (SSSR count). The van der Waals surface area contributed by atoms with Crippen molar-refractivity contribution in [2.75, 3.05) is 4.90 Å². The summed E-state index contributed by atoms with van der Waals surface area (Å²) in [6.45, 7) is 0. The van der Waals surface area contributed by atoms with E-state index in [2.05, 4.69) is 193 Å². The Kier molecular flexibility index (Phi) is 7.54. The van der Waals surface area contributed by atoms with E-state index in [1.165, 1.54) is 49.2 Å². The number of hydrogen-bond donors (Lipinski definition) is 0. The van der Waals surface area contributed by atoms with E-state index in [9.17, 15) is 0 Å². The number of furan rings is 2. The van der Waals surface area contributed by atoms with Crippen LogP contribution in [0.2, 0.25) is 0 Å². The summed E-state index contributed by atoms with van der Waals surface area (Å²) in [6, 6.07) is 75.8. The number of benzene rings is 10. The van der Waals surface area contributed by atoms with Crippen LogP contribution >= 0.6 is 0 Å². The number of nitrogens with zero attached hydrogens (tertiary/aromatic N) is 1. The number of anilines is 3. The van der Waals surface area contributed by atoms with Crippen molar-refractivity contribution < 1.29 is 8.83 Å². The third-order valence-electron chi connectivity index (χ3n) is 11.9. The molecule has 59 heavy (non-hydrogen) atoms. The molecule has 10 aromatic carbocycles. The van der Waals surface area contributed by atoms with Gasteiger partial charge >= 0.3 is 0 Å². The van der Waals surface area contributed by atoms with E-state index in [1.807, 2.05) is 24.3 Å². The van der Waals surface area contributed by atoms with Crippen molar-refractivity contribution >= 4 is 82.5 Å². The van der Waals surface area contributed by atoms with Crippen molar-refractivity contribution in [2.24, 2.45) is 0 Å². The summed E-state index contributed by atoms with van der Waals surface area (Å²) in [5.74, 6) is 0. The predicted octanol–water partition coefficient (Wildman–Crippen LogP) is 16.3. The van der Waals surface area contributed by atoms with Crippen LogP contribution in [0.5, 0.6) is 0 Å². The summed E-state index contributed by atoms with van der Waals surface area (Å²) in [4.78, 5) is 2.37. The topological polar surface area (TPSA) is 29.5 Å². The Morgan fingerprint density at radius 3 is 1.64 bits per heavy atom. The molecule has 3 nitrogen and oxygen atoms in total. The van der Waals surface area contributed by atoms with Gasteiger partial charge in [0.05, 0.1) is 5.69 Å². The van der Waals surface area contributed by atoms with Gasteiger partial charge in [-0.25, -0.2) is 0 Å². The second-order valence-electron chi connectivity index (χ2n) is 15.3. The zero-order valence-corrected chi connectivity index (χ0v) is 32.0. The van der Waals surface area contributed by atoms with E-state index >= 15 is 0 Å². The van der Waals surface area contributed by atoms with Crippen LogP contribution in [0.4, 0.5) is 17.1 Å². The van der Waals surface area contributed by atoms with E-state index in [-0.39, 0.29) is 0 Å². The molecule has 3 heteroatoms. The molecule has 0 atom stereocenters. The number of fused-ring (bicyclic) bond motifs is 9. The fraction of sp³-hybridized carbons (Fsp3) is 0. The van der Waals surface area contributed by atoms with Gasteiger partial charge in [0, 0.05) is 43.9 Å². The van der Waals surface area contributed by atoms with Crippen molar-refractivity contribution in [2.45, 2.75) is 0 Å². The summed E-state index contributed by atoms with van der Waals surface area (Å²) in [6.07, 6.45) is 0. The molecular weight excluding hydrogens is 719 g/mol. The van der Waals surface area contributed by atoms with Crippen LogP contribution in [0.3, 0.4) is 0 Å². The zero-order chi connectivity index (χ0) is 38.9. The highest BCUT2D eigenvalue weighted by atomic mass is 16.3. The average Bonchev–Trinajstić information content (AvgIpc) is 3.89. The van der Waals surface area contributed by atoms with Crippen LogP contribution in [0.1, 0.15) is 0 Å². The lowest BCUT2D eigenvalue weighted by atomic mass is 9.96. The van der Waals surface area contributed by atoms with Gasteiger partial charge in [-0.2, -0.15) is 0 Å². The molecule has 0 spiro atoms. The minimum absolute atomic E-state index is 0.904. The fourth-order valence-electron chi connectivity index (χ4n) is 9.00. The summed E-state index contributed by atoms with van der Waals surface area (Å²) in [5, 5.41) is 9.33. The molecule has 0 fully saturated rings. The third kappa shape index (κ3) is 5.51. The lowest BCUT2D eigenvalue weighted by molar-refractivity contribution is 0.669. The first-order valence-electron chi connectivity index (χ1n) is 20.1. The van der Waals surface area contributed by atoms with E-state index < -0.39 is 0 Å². The SMILES string of the molecule is c1ccc(-c2ccc(N(c3ccc(-c4cccc5c4oc4ccccc45)cc3)c3cccc4cc(-c5ccc6c(ccc7oc8ccccc8c76)c5)ccc34)cc2)cc1. The van der Waals surface area contributed by atoms with E-state index in [0.717, 1.165) is 66.7 Å². The molecule has 0 aliphatic heterocycles. The van der Waals surface area contributed by atoms with Gasteiger partial charge in [-0.3, -0.25) is 0 Å². The Balaban J connectivity index is 0.961. The minimum atomic E-state index is 0.904. The van der Waals surface area contributed by atoms with E-state index in [0.29, 0.717) is 0 Å². The number of rotatable bonds is 6. The quantitative estimate of drug-likeness (QED) is 0.169. The number of para-hydroxylation sites is 3. The van der Waals surface area contributed by atoms with Crippen LogP contribution in [0.15, 0.2) is 221 Å². The largest absolute Gasteiger partial charge is 0.456 e. The molecule has 0 saturated carbocycles. The van der Waals surface area contributed by atoms with Crippen LogP contribution in [0, 0.1) is 0 Å². The zero-order valence-electron chi connectivity index (χ0n) is 32.0. The first kappa shape index (κ1) is 33.3. The van der Waals surface area contributed by atoms with Crippen LogP contribution in [0.25, 0.3) is 98.8 Å². The molecule has 0 aliphatic rings. The Morgan fingerprint density at radius 2 is 0.881 bits per heavy atom. The van der Waals surface area contributed by atoms with Crippen molar-refractivity contribution in [1.29, 1.82) is 0 Å². The Morgan fingerprint density at radius 1 is 0.305 bits per heavy atom. The van der Waals surface area contributed by atoms with Gasteiger partial charge in [0.25, 0.3) is 0 Å². The van der Waals surface area contributed by atoms with Gasteiger partial charge in [0.1, 0.15) is 22.3 Å². The molecular formula is C56H35NO2. The number of hydrogen-bond acceptors (Lipinski definition) is 3. The van der Waals surface area contributed by atoms with Crippen molar-refractivity contribution in [3.63, 3.8) is 0 Å². The highest BCUT2D eigenvalue weighted by molar-refractivity contribution is 6.19. The second kappa shape index (κ2) is 13.4. The van der Waals surface area contributed by atoms with Crippen LogP contribution in [-0.4, -0.2) is 0 Å². The molecule has 2 heterocycles. The van der Waals surface area contributed by atoms with E-state index in [4.69, 9.17) is 8.83 Å². The van der Waals surface area contributed by atoms with Crippen LogP contribution < -0.4 is 4.90 Å². The molecule has 0 aliphatic carbocycles. The monoisotopic (exact) mass is 753 g/mol. The molecule has 2 aromatic heterocycles. The van der Waals surface area contributed by atoms with E-state index in [1.54, 1.807) is 0 Å². The van der Waals surface area contributed by atoms with Crippen molar-refractivity contribution in [3.05, 3.63) is 212 Å². The molecule has 0 radical (unpaired) electrons. The Labute approximate surface area is 340 Å². The van der Waals surface area contributed by atoms with Gasteiger partial charge in [0.2, 0.25) is 0 Å². The molecule has 12 aromatic rings. The molecule has 0 N–H and O–H groups in total. The van der Waals surface area contributed by atoms with Crippen molar-refractivity contribution in [3.8, 4) is 33.4 Å². The maximum atomic E-state index is 6.43. The molecule has 0 saturated heterocycles. The molecule has 0 bridgehead atoms. The third-order valence-corrected chi connectivity index (χ3v) is 11.9. The van der Waals surface area contributed by atoms with Gasteiger partial charge in [-0.15, -0.1) is 0 Å². The first-order chi connectivity index (χ1) is 29.2. The Hall–Kier alpha value is -7.88. The lowest BCUT2D eigenvalue weighted by Gasteiger charge is -2.27. The van der Waals surface area contributed by atoms with Crippen molar-refractivity contribution in [1.82, 2.24) is 0 Å². The summed E-state index contributed by atoms with van der Waals surface area (Å²) < 4.78 is 12.6. The lowest BCUT2D eigenvalue weighted by Crippen LogP contribution is -2.10. The first-order valence-corrected chi connectivity index (χ1v) is 20.1. The van der Waals surface area contributed by atoms with Gasteiger partial charge in [0.15, 0.2) is 0 Å². The maximum Gasteiger partial charge on any atom is 0.143 e. The average molecular weight is 754 g/mol. The predicted molar refractivity (Wildman–Crippen MR) is 247 cm³/mol. The minimum Gasteiger partial charge on any atom is -0.456 e. The highest BCUT2D eigenvalue weighted by Gasteiger charge is 2.18. The second-order valence-corrected chi connectivity index (χ2v) is 15.3. The summed E-state index contributed by atoms with van der Waals surface area (Å²) in [5.41, 5.74) is 13.8. The molecule has 0 amide bonds. The molecule has 276 valence electrons. The maximum absolute atomic E-state index is 6.43. The highest BCUT2D eigenvalue weighted by Crippen LogP contribution is 2.43.